The van der Waals surface area contributed by atoms with Crippen LogP contribution in [0.2, 0.25) is 0 Å². The molecule has 0 unspecified atom stereocenters. The van der Waals surface area contributed by atoms with Crippen LogP contribution in [0, 0.1) is 11.8 Å². The Balaban J connectivity index is 1.25. The van der Waals surface area contributed by atoms with Gasteiger partial charge in [0.15, 0.2) is 0 Å². The Morgan fingerprint density at radius 3 is 2.42 bits per heavy atom. The fourth-order valence-electron chi connectivity index (χ4n) is 5.56. The molecule has 31 heavy (non-hydrogen) atoms. The van der Waals surface area contributed by atoms with Gasteiger partial charge in [-0.15, -0.1) is 0 Å². The maximum absolute atomic E-state index is 13.3. The number of hydrogen-bond donors (Lipinski definition) is 1. The van der Waals surface area contributed by atoms with E-state index in [-0.39, 0.29) is 0 Å². The highest BCUT2D eigenvalue weighted by Gasteiger charge is 2.58. The second-order valence-corrected chi connectivity index (χ2v) is 9.44. The number of nitrogens with zero attached hydrogens (tertiary/aromatic N) is 4. The Morgan fingerprint density at radius 2 is 1.77 bits per heavy atom. The zero-order valence-corrected chi connectivity index (χ0v) is 17.2. The molecule has 4 aliphatic rings. The molecule has 2 aliphatic carbocycles. The van der Waals surface area contributed by atoms with Crippen LogP contribution < -0.4 is 5.73 Å². The Hall–Kier alpha value is -2.13. The van der Waals surface area contributed by atoms with E-state index in [1.54, 1.807) is 0 Å². The highest BCUT2D eigenvalue weighted by atomic mass is 19.4. The average molecular weight is 433 g/mol. The van der Waals surface area contributed by atoms with Gasteiger partial charge in [0.1, 0.15) is 11.6 Å². The fraction of sp³-hybridized carbons (Fsp3) is 0.636. The maximum Gasteiger partial charge on any atom is 0.419 e. The first-order chi connectivity index (χ1) is 14.9. The van der Waals surface area contributed by atoms with Crippen molar-refractivity contribution in [3.8, 4) is 11.3 Å². The van der Waals surface area contributed by atoms with Crippen LogP contribution in [-0.4, -0.2) is 51.8 Å². The number of ether oxygens (including phenoxy) is 1. The molecule has 2 aliphatic heterocycles. The Bertz CT molecular complexity index is 984. The number of rotatable bonds is 4. The molecule has 2 saturated heterocycles. The number of hydrogen-bond acceptors (Lipinski definition) is 5. The lowest BCUT2D eigenvalue weighted by molar-refractivity contribution is -0.137. The summed E-state index contributed by atoms with van der Waals surface area (Å²) >= 11 is 0. The lowest BCUT2D eigenvalue weighted by Crippen LogP contribution is -2.39. The number of piperidine rings is 1. The van der Waals surface area contributed by atoms with Gasteiger partial charge in [-0.05, 0) is 43.6 Å². The SMILES string of the molecule is Nc1ncc(-c2cn([C@H]3[C@@H]4CN(C5CCOCC5)C[C@@H]43)c(C3CC3)n2)cc1C(F)(F)F. The summed E-state index contributed by atoms with van der Waals surface area (Å²) in [6, 6.07) is 2.12. The van der Waals surface area contributed by atoms with Crippen LogP contribution in [0.15, 0.2) is 18.5 Å². The Labute approximate surface area is 178 Å². The van der Waals surface area contributed by atoms with Gasteiger partial charge in [-0.2, -0.15) is 13.2 Å². The van der Waals surface area contributed by atoms with Crippen LogP contribution >= 0.6 is 0 Å². The van der Waals surface area contributed by atoms with Crippen molar-refractivity contribution < 1.29 is 17.9 Å². The van der Waals surface area contributed by atoms with Crippen molar-refractivity contribution in [2.75, 3.05) is 32.0 Å². The largest absolute Gasteiger partial charge is 0.419 e. The lowest BCUT2D eigenvalue weighted by Gasteiger charge is -2.32. The molecular weight excluding hydrogens is 407 g/mol. The van der Waals surface area contributed by atoms with E-state index in [0.717, 1.165) is 63.9 Å². The zero-order valence-electron chi connectivity index (χ0n) is 17.2. The highest BCUT2D eigenvalue weighted by molar-refractivity contribution is 5.62. The first-order valence-corrected chi connectivity index (χ1v) is 11.1. The van der Waals surface area contributed by atoms with Crippen molar-refractivity contribution in [3.05, 3.63) is 29.8 Å². The summed E-state index contributed by atoms with van der Waals surface area (Å²) in [6.45, 7) is 3.90. The summed E-state index contributed by atoms with van der Waals surface area (Å²) < 4.78 is 47.6. The number of pyridine rings is 1. The van der Waals surface area contributed by atoms with Gasteiger partial charge in [-0.3, -0.25) is 4.90 Å². The zero-order chi connectivity index (χ0) is 21.3. The molecule has 166 valence electrons. The normalized spacial score (nSPS) is 29.3. The first-order valence-electron chi connectivity index (χ1n) is 11.1. The van der Waals surface area contributed by atoms with E-state index in [2.05, 4.69) is 14.5 Å². The molecule has 9 heteroatoms. The molecule has 0 spiro atoms. The third kappa shape index (κ3) is 3.42. The second kappa shape index (κ2) is 6.93. The minimum Gasteiger partial charge on any atom is -0.383 e. The molecule has 4 fully saturated rings. The third-order valence-corrected chi connectivity index (χ3v) is 7.43. The number of fused-ring (bicyclic) bond motifs is 1. The van der Waals surface area contributed by atoms with Gasteiger partial charge >= 0.3 is 6.18 Å². The van der Waals surface area contributed by atoms with Crippen molar-refractivity contribution in [3.63, 3.8) is 0 Å². The fourth-order valence-corrected chi connectivity index (χ4v) is 5.56. The van der Waals surface area contributed by atoms with Crippen molar-refractivity contribution in [2.24, 2.45) is 11.8 Å². The molecule has 3 atom stereocenters. The number of aromatic nitrogens is 3. The van der Waals surface area contributed by atoms with Crippen LogP contribution in [0.3, 0.4) is 0 Å². The summed E-state index contributed by atoms with van der Waals surface area (Å²) in [6.07, 6.45) is 3.23. The number of anilines is 1. The van der Waals surface area contributed by atoms with Crippen LogP contribution in [-0.2, 0) is 10.9 Å². The molecule has 6 nitrogen and oxygen atoms in total. The Morgan fingerprint density at radius 1 is 1.06 bits per heavy atom. The second-order valence-electron chi connectivity index (χ2n) is 9.44. The number of halogens is 3. The molecule has 0 radical (unpaired) electrons. The van der Waals surface area contributed by atoms with Gasteiger partial charge in [0.05, 0.1) is 11.3 Å². The monoisotopic (exact) mass is 433 g/mol. The van der Waals surface area contributed by atoms with Gasteiger partial charge in [0.25, 0.3) is 0 Å². The van der Waals surface area contributed by atoms with Crippen LogP contribution in [0.4, 0.5) is 19.0 Å². The molecular formula is C22H26F3N5O. The van der Waals surface area contributed by atoms with Crippen molar-refractivity contribution in [1.29, 1.82) is 0 Å². The highest BCUT2D eigenvalue weighted by Crippen LogP contribution is 2.58. The molecule has 0 amide bonds. The molecule has 2 N–H and O–H groups in total. The predicted molar refractivity (Wildman–Crippen MR) is 108 cm³/mol. The molecule has 2 aromatic rings. The summed E-state index contributed by atoms with van der Waals surface area (Å²) in [5.41, 5.74) is 5.51. The molecule has 2 aromatic heterocycles. The van der Waals surface area contributed by atoms with Gasteiger partial charge in [-0.25, -0.2) is 9.97 Å². The summed E-state index contributed by atoms with van der Waals surface area (Å²) in [4.78, 5) is 11.2. The predicted octanol–water partition coefficient (Wildman–Crippen LogP) is 3.71. The van der Waals surface area contributed by atoms with Gasteiger partial charge in [0, 0.05) is 62.3 Å². The summed E-state index contributed by atoms with van der Waals surface area (Å²) in [5.74, 6) is 2.17. The van der Waals surface area contributed by atoms with E-state index in [4.69, 9.17) is 15.5 Å². The number of nitrogens with two attached hydrogens (primary N) is 1. The van der Waals surface area contributed by atoms with Gasteiger partial charge in [-0.1, -0.05) is 0 Å². The minimum absolute atomic E-state index is 0.372. The van der Waals surface area contributed by atoms with Gasteiger partial charge < -0.3 is 15.0 Å². The van der Waals surface area contributed by atoms with E-state index in [9.17, 15) is 13.2 Å². The van der Waals surface area contributed by atoms with Gasteiger partial charge in [0.2, 0.25) is 0 Å². The smallest absolute Gasteiger partial charge is 0.383 e. The number of nitrogen functional groups attached to an aromatic ring is 1. The van der Waals surface area contributed by atoms with Crippen molar-refractivity contribution in [2.45, 2.75) is 49.9 Å². The lowest BCUT2D eigenvalue weighted by atomic mass is 10.1. The number of alkyl halides is 3. The average Bonchev–Trinajstić information content (AvgIpc) is 3.62. The first kappa shape index (κ1) is 19.5. The standard InChI is InChI=1S/C22H26F3N5O/c23-22(24,25)17-7-13(8-27-20(17)26)18-11-30(21(28-18)12-1-2-12)19-15-9-29(10-16(15)19)14-3-5-31-6-4-14/h7-8,11-12,14-16,19H,1-6,9-10H2,(H2,26,27)/t15-,16+,19+. The van der Waals surface area contributed by atoms with E-state index >= 15 is 0 Å². The van der Waals surface area contributed by atoms with E-state index < -0.39 is 17.6 Å². The molecule has 2 saturated carbocycles. The van der Waals surface area contributed by atoms with E-state index in [1.807, 2.05) is 6.20 Å². The molecule has 0 bridgehead atoms. The topological polar surface area (TPSA) is 69.2 Å². The summed E-state index contributed by atoms with van der Waals surface area (Å²) in [7, 11) is 0. The van der Waals surface area contributed by atoms with E-state index in [0.29, 0.717) is 41.1 Å². The van der Waals surface area contributed by atoms with Crippen LogP contribution in [0.25, 0.3) is 11.3 Å². The van der Waals surface area contributed by atoms with Crippen molar-refractivity contribution >= 4 is 5.82 Å². The third-order valence-electron chi connectivity index (χ3n) is 7.43. The van der Waals surface area contributed by atoms with E-state index in [1.165, 1.54) is 6.20 Å². The van der Waals surface area contributed by atoms with Crippen molar-refractivity contribution in [1.82, 2.24) is 19.4 Å². The van der Waals surface area contributed by atoms with Crippen LogP contribution in [0.5, 0.6) is 0 Å². The number of imidazole rings is 1. The number of likely N-dealkylation sites (tertiary alicyclic amines) is 1. The molecule has 0 aromatic carbocycles. The Kier molecular flexibility index (Phi) is 4.37. The summed E-state index contributed by atoms with van der Waals surface area (Å²) in [5, 5.41) is 0. The molecule has 4 heterocycles. The molecule has 6 rings (SSSR count). The quantitative estimate of drug-likeness (QED) is 0.796. The minimum atomic E-state index is -4.53. The maximum atomic E-state index is 13.3. The van der Waals surface area contributed by atoms with Crippen LogP contribution in [0.1, 0.15) is 49.0 Å².